The summed E-state index contributed by atoms with van der Waals surface area (Å²) in [6.07, 6.45) is 0.992. The predicted molar refractivity (Wildman–Crippen MR) is 78.6 cm³/mol. The number of anilines is 1. The molecule has 0 aromatic heterocycles. The monoisotopic (exact) mass is 264 g/mol. The van der Waals surface area contributed by atoms with Crippen molar-refractivity contribution in [2.75, 3.05) is 11.9 Å². The molecule has 0 fully saturated rings. The van der Waals surface area contributed by atoms with Gasteiger partial charge in [-0.3, -0.25) is 4.79 Å². The van der Waals surface area contributed by atoms with E-state index in [0.29, 0.717) is 0 Å². The molecule has 1 rings (SSSR count). The largest absolute Gasteiger partial charge is 0.494 e. The molecule has 0 aliphatic carbocycles. The number of hydrogen-bond acceptors (Lipinski definition) is 3. The number of ether oxygens (including phenoxy) is 1. The first-order valence-corrected chi connectivity index (χ1v) is 6.82. The number of carbonyl (C=O) groups excluding carboxylic acids is 1. The zero-order valence-corrected chi connectivity index (χ0v) is 12.2. The van der Waals surface area contributed by atoms with Gasteiger partial charge < -0.3 is 15.4 Å². The molecule has 106 valence electrons. The number of rotatable bonds is 7. The molecule has 0 saturated carbocycles. The van der Waals surface area contributed by atoms with Gasteiger partial charge in [-0.15, -0.1) is 0 Å². The molecule has 1 aromatic rings. The lowest BCUT2D eigenvalue weighted by Crippen LogP contribution is -2.40. The summed E-state index contributed by atoms with van der Waals surface area (Å²) in [7, 11) is 0. The SMILES string of the molecule is CCCOc1ccc(NC(C)C(=O)NC(C)C)cc1. The summed E-state index contributed by atoms with van der Waals surface area (Å²) in [6.45, 7) is 8.54. The second-order valence-electron chi connectivity index (χ2n) is 4.90. The van der Waals surface area contributed by atoms with Gasteiger partial charge in [-0.1, -0.05) is 6.92 Å². The van der Waals surface area contributed by atoms with Gasteiger partial charge >= 0.3 is 0 Å². The number of hydrogen-bond donors (Lipinski definition) is 2. The van der Waals surface area contributed by atoms with E-state index < -0.39 is 0 Å². The summed E-state index contributed by atoms with van der Waals surface area (Å²) in [4.78, 5) is 11.8. The standard InChI is InChI=1S/C15H24N2O2/c1-5-10-19-14-8-6-13(7-9-14)17-12(4)15(18)16-11(2)3/h6-9,11-12,17H,5,10H2,1-4H3,(H,16,18). The Morgan fingerprint density at radius 2 is 1.84 bits per heavy atom. The highest BCUT2D eigenvalue weighted by Crippen LogP contribution is 2.16. The van der Waals surface area contributed by atoms with Crippen LogP contribution in [0.1, 0.15) is 34.1 Å². The molecule has 4 nitrogen and oxygen atoms in total. The zero-order chi connectivity index (χ0) is 14.3. The van der Waals surface area contributed by atoms with Gasteiger partial charge in [0.2, 0.25) is 5.91 Å². The van der Waals surface area contributed by atoms with Gasteiger partial charge in [0.1, 0.15) is 11.8 Å². The van der Waals surface area contributed by atoms with Crippen molar-refractivity contribution in [3.8, 4) is 5.75 Å². The van der Waals surface area contributed by atoms with Crippen molar-refractivity contribution >= 4 is 11.6 Å². The van der Waals surface area contributed by atoms with E-state index >= 15 is 0 Å². The molecule has 1 aromatic carbocycles. The Bertz CT molecular complexity index is 388. The molecule has 19 heavy (non-hydrogen) atoms. The van der Waals surface area contributed by atoms with E-state index in [2.05, 4.69) is 17.6 Å². The Hall–Kier alpha value is -1.71. The number of amides is 1. The summed E-state index contributed by atoms with van der Waals surface area (Å²) in [5.74, 6) is 0.855. The quantitative estimate of drug-likeness (QED) is 0.796. The van der Waals surface area contributed by atoms with Crippen molar-refractivity contribution in [3.05, 3.63) is 24.3 Å². The van der Waals surface area contributed by atoms with Gasteiger partial charge in [-0.05, 0) is 51.5 Å². The number of nitrogens with one attached hydrogen (secondary N) is 2. The topological polar surface area (TPSA) is 50.4 Å². The van der Waals surface area contributed by atoms with Crippen LogP contribution in [0.5, 0.6) is 5.75 Å². The highest BCUT2D eigenvalue weighted by atomic mass is 16.5. The average Bonchev–Trinajstić information content (AvgIpc) is 2.37. The van der Waals surface area contributed by atoms with Crippen molar-refractivity contribution in [2.24, 2.45) is 0 Å². The fourth-order valence-electron chi connectivity index (χ4n) is 1.59. The third-order valence-electron chi connectivity index (χ3n) is 2.53. The van der Waals surface area contributed by atoms with Crippen LogP contribution in [-0.4, -0.2) is 24.6 Å². The maximum absolute atomic E-state index is 11.8. The Morgan fingerprint density at radius 1 is 1.21 bits per heavy atom. The highest BCUT2D eigenvalue weighted by Gasteiger charge is 2.12. The third-order valence-corrected chi connectivity index (χ3v) is 2.53. The van der Waals surface area contributed by atoms with Gasteiger partial charge in [0, 0.05) is 11.7 Å². The van der Waals surface area contributed by atoms with Crippen LogP contribution in [0, 0.1) is 0 Å². The maximum Gasteiger partial charge on any atom is 0.242 e. The Balaban J connectivity index is 2.50. The molecule has 0 saturated heterocycles. The van der Waals surface area contributed by atoms with Gasteiger partial charge in [0.15, 0.2) is 0 Å². The van der Waals surface area contributed by atoms with Crippen LogP contribution in [0.15, 0.2) is 24.3 Å². The summed E-state index contributed by atoms with van der Waals surface area (Å²) in [5.41, 5.74) is 0.912. The molecule has 4 heteroatoms. The second-order valence-corrected chi connectivity index (χ2v) is 4.90. The highest BCUT2D eigenvalue weighted by molar-refractivity contribution is 5.84. The second kappa shape index (κ2) is 7.67. The van der Waals surface area contributed by atoms with E-state index in [-0.39, 0.29) is 18.0 Å². The zero-order valence-electron chi connectivity index (χ0n) is 12.2. The van der Waals surface area contributed by atoms with E-state index in [1.165, 1.54) is 0 Å². The number of benzene rings is 1. The summed E-state index contributed by atoms with van der Waals surface area (Å²) in [5, 5.41) is 6.04. The molecule has 1 amide bonds. The van der Waals surface area contributed by atoms with E-state index in [9.17, 15) is 4.79 Å². The van der Waals surface area contributed by atoms with Crippen molar-refractivity contribution in [1.82, 2.24) is 5.32 Å². The van der Waals surface area contributed by atoms with Crippen molar-refractivity contribution in [1.29, 1.82) is 0 Å². The Kier molecular flexibility index (Phi) is 6.19. The lowest BCUT2D eigenvalue weighted by Gasteiger charge is -2.17. The smallest absolute Gasteiger partial charge is 0.242 e. The minimum atomic E-state index is -0.259. The lowest BCUT2D eigenvalue weighted by atomic mass is 10.2. The third kappa shape index (κ3) is 5.64. The van der Waals surface area contributed by atoms with Crippen LogP contribution in [0.4, 0.5) is 5.69 Å². The Morgan fingerprint density at radius 3 is 2.37 bits per heavy atom. The van der Waals surface area contributed by atoms with Gasteiger partial charge in [-0.2, -0.15) is 0 Å². The van der Waals surface area contributed by atoms with Crippen LogP contribution in [0.3, 0.4) is 0 Å². The summed E-state index contributed by atoms with van der Waals surface area (Å²) in [6, 6.07) is 7.55. The van der Waals surface area contributed by atoms with Crippen LogP contribution in [0.2, 0.25) is 0 Å². The normalized spacial score (nSPS) is 12.1. The van der Waals surface area contributed by atoms with E-state index in [1.807, 2.05) is 45.0 Å². The molecule has 0 aliphatic heterocycles. The fourth-order valence-corrected chi connectivity index (χ4v) is 1.59. The van der Waals surface area contributed by atoms with E-state index in [4.69, 9.17) is 4.74 Å². The molecule has 0 bridgehead atoms. The molecule has 2 N–H and O–H groups in total. The van der Waals surface area contributed by atoms with Crippen LogP contribution < -0.4 is 15.4 Å². The predicted octanol–water partition coefficient (Wildman–Crippen LogP) is 2.80. The molecule has 0 radical (unpaired) electrons. The minimum Gasteiger partial charge on any atom is -0.494 e. The molecule has 1 atom stereocenters. The fraction of sp³-hybridized carbons (Fsp3) is 0.533. The lowest BCUT2D eigenvalue weighted by molar-refractivity contribution is -0.122. The van der Waals surface area contributed by atoms with Crippen molar-refractivity contribution < 1.29 is 9.53 Å². The van der Waals surface area contributed by atoms with Crippen molar-refractivity contribution in [2.45, 2.75) is 46.2 Å². The van der Waals surface area contributed by atoms with E-state index in [1.54, 1.807) is 0 Å². The first-order valence-electron chi connectivity index (χ1n) is 6.82. The van der Waals surface area contributed by atoms with E-state index in [0.717, 1.165) is 24.5 Å². The summed E-state index contributed by atoms with van der Waals surface area (Å²) >= 11 is 0. The summed E-state index contributed by atoms with van der Waals surface area (Å²) < 4.78 is 5.51. The first kappa shape index (κ1) is 15.3. The maximum atomic E-state index is 11.8. The minimum absolute atomic E-state index is 0.00121. The Labute approximate surface area is 115 Å². The molecule has 1 unspecified atom stereocenters. The van der Waals surface area contributed by atoms with Gasteiger partial charge in [-0.25, -0.2) is 0 Å². The van der Waals surface area contributed by atoms with Gasteiger partial charge in [0.25, 0.3) is 0 Å². The van der Waals surface area contributed by atoms with Crippen LogP contribution in [-0.2, 0) is 4.79 Å². The molecule has 0 aliphatic rings. The van der Waals surface area contributed by atoms with Gasteiger partial charge in [0.05, 0.1) is 6.61 Å². The molecular formula is C15H24N2O2. The van der Waals surface area contributed by atoms with Crippen molar-refractivity contribution in [3.63, 3.8) is 0 Å². The molecular weight excluding hydrogens is 240 g/mol. The first-order chi connectivity index (χ1) is 9.02. The van der Waals surface area contributed by atoms with Crippen LogP contribution in [0.25, 0.3) is 0 Å². The van der Waals surface area contributed by atoms with Crippen LogP contribution >= 0.6 is 0 Å². The molecule has 0 spiro atoms. The average molecular weight is 264 g/mol. The molecule has 0 heterocycles. The number of carbonyl (C=O) groups is 1.